The molecule has 0 radical (unpaired) electrons. The molecule has 1 atom stereocenters. The fourth-order valence-electron chi connectivity index (χ4n) is 1.44. The molecule has 0 saturated heterocycles. The van der Waals surface area contributed by atoms with Crippen LogP contribution in [0.2, 0.25) is 0 Å². The molecule has 0 saturated carbocycles. The first kappa shape index (κ1) is 15.9. The van der Waals surface area contributed by atoms with E-state index in [1.54, 1.807) is 0 Å². The molecule has 1 aromatic carbocycles. The van der Waals surface area contributed by atoms with Crippen molar-refractivity contribution in [2.75, 3.05) is 11.1 Å². The maximum atomic E-state index is 11.8. The fraction of sp³-hybridized carbons (Fsp3) is 0.500. The van der Waals surface area contributed by atoms with Gasteiger partial charge in [-0.3, -0.25) is 9.00 Å². The van der Waals surface area contributed by atoms with Gasteiger partial charge in [-0.2, -0.15) is 0 Å². The number of hydrogen-bond acceptors (Lipinski definition) is 3. The Hall–Kier alpha value is -1.20. The van der Waals surface area contributed by atoms with Crippen molar-refractivity contribution in [1.29, 1.82) is 0 Å². The predicted octanol–water partition coefficient (Wildman–Crippen LogP) is 2.02. The lowest BCUT2D eigenvalue weighted by Gasteiger charge is -2.17. The van der Waals surface area contributed by atoms with E-state index < -0.39 is 10.8 Å². The van der Waals surface area contributed by atoms with Gasteiger partial charge in [-0.15, -0.1) is 0 Å². The molecule has 0 aliphatic carbocycles. The second-order valence-electron chi connectivity index (χ2n) is 5.36. The number of nitrogens with one attached hydrogen (secondary N) is 1. The molecule has 106 valence electrons. The van der Waals surface area contributed by atoms with Crippen LogP contribution in [0.1, 0.15) is 32.8 Å². The minimum atomic E-state index is -0.998. The molecule has 1 aromatic rings. The lowest BCUT2D eigenvalue weighted by Crippen LogP contribution is -2.26. The number of nitrogens with two attached hydrogens (primary N) is 1. The summed E-state index contributed by atoms with van der Waals surface area (Å²) >= 11 is 0. The summed E-state index contributed by atoms with van der Waals surface area (Å²) < 4.78 is 11.5. The summed E-state index contributed by atoms with van der Waals surface area (Å²) in [5.41, 5.74) is 7.26. The molecule has 0 fully saturated rings. The summed E-state index contributed by atoms with van der Waals surface area (Å²) in [5.74, 6) is 0.272. The van der Waals surface area contributed by atoms with Crippen molar-refractivity contribution in [1.82, 2.24) is 0 Å². The first-order valence-corrected chi connectivity index (χ1v) is 7.62. The lowest BCUT2D eigenvalue weighted by atomic mass is 10.2. The maximum Gasteiger partial charge on any atom is 0.225 e. The molecule has 0 heterocycles. The van der Waals surface area contributed by atoms with Gasteiger partial charge in [0, 0.05) is 40.0 Å². The monoisotopic (exact) mass is 282 g/mol. The van der Waals surface area contributed by atoms with Gasteiger partial charge in [0.05, 0.1) is 0 Å². The van der Waals surface area contributed by atoms with E-state index in [0.29, 0.717) is 12.3 Å². The number of anilines is 1. The summed E-state index contributed by atoms with van der Waals surface area (Å²) in [6.07, 6.45) is 0.266. The first-order chi connectivity index (χ1) is 8.82. The standard InChI is InChI=1S/C14H22N2O2S/c1-14(2,3)19(18)9-8-13(17)16-12-6-4-11(10-15)5-7-12/h4-7H,8-10,15H2,1-3H3,(H,16,17). The van der Waals surface area contributed by atoms with Crippen LogP contribution in [0.25, 0.3) is 0 Å². The van der Waals surface area contributed by atoms with Gasteiger partial charge in [-0.05, 0) is 38.5 Å². The van der Waals surface area contributed by atoms with E-state index in [1.165, 1.54) is 0 Å². The quantitative estimate of drug-likeness (QED) is 0.868. The Balaban J connectivity index is 2.45. The van der Waals surface area contributed by atoms with E-state index in [0.717, 1.165) is 11.3 Å². The van der Waals surface area contributed by atoms with Crippen LogP contribution in [-0.4, -0.2) is 20.6 Å². The lowest BCUT2D eigenvalue weighted by molar-refractivity contribution is -0.115. The number of hydrogen-bond donors (Lipinski definition) is 2. The number of carbonyl (C=O) groups is 1. The molecule has 19 heavy (non-hydrogen) atoms. The second kappa shape index (κ2) is 6.82. The number of carbonyl (C=O) groups excluding carboxylic acids is 1. The third-order valence-corrected chi connectivity index (χ3v) is 4.61. The van der Waals surface area contributed by atoms with Crippen molar-refractivity contribution in [3.05, 3.63) is 29.8 Å². The highest BCUT2D eigenvalue weighted by molar-refractivity contribution is 7.86. The summed E-state index contributed by atoms with van der Waals surface area (Å²) in [7, 11) is -0.998. The minimum Gasteiger partial charge on any atom is -0.326 e. The van der Waals surface area contributed by atoms with Gasteiger partial charge in [-0.1, -0.05) is 12.1 Å². The molecule has 0 aromatic heterocycles. The van der Waals surface area contributed by atoms with Crippen molar-refractivity contribution in [2.45, 2.75) is 38.5 Å². The molecule has 5 heteroatoms. The highest BCUT2D eigenvalue weighted by Crippen LogP contribution is 2.13. The fourth-order valence-corrected chi connectivity index (χ4v) is 2.42. The second-order valence-corrected chi connectivity index (χ2v) is 7.69. The third kappa shape index (κ3) is 5.53. The molecular formula is C14H22N2O2S. The Kier molecular flexibility index (Phi) is 5.69. The van der Waals surface area contributed by atoms with E-state index in [2.05, 4.69) is 5.32 Å². The van der Waals surface area contributed by atoms with Gasteiger partial charge in [0.2, 0.25) is 5.91 Å². The van der Waals surface area contributed by atoms with Crippen molar-refractivity contribution < 1.29 is 9.00 Å². The van der Waals surface area contributed by atoms with Crippen LogP contribution >= 0.6 is 0 Å². The molecule has 3 N–H and O–H groups in total. The number of rotatable bonds is 5. The summed E-state index contributed by atoms with van der Waals surface area (Å²) in [6.45, 7) is 6.21. The van der Waals surface area contributed by atoms with Gasteiger partial charge < -0.3 is 11.1 Å². The summed E-state index contributed by atoms with van der Waals surface area (Å²) in [4.78, 5) is 11.7. The Morgan fingerprint density at radius 2 is 1.84 bits per heavy atom. The zero-order chi connectivity index (χ0) is 14.5. The van der Waals surface area contributed by atoms with Gasteiger partial charge in [0.1, 0.15) is 0 Å². The van der Waals surface area contributed by atoms with Gasteiger partial charge >= 0.3 is 0 Å². The van der Waals surface area contributed by atoms with Crippen LogP contribution in [0, 0.1) is 0 Å². The molecule has 0 aliphatic rings. The average molecular weight is 282 g/mol. The van der Waals surface area contributed by atoms with Crippen molar-refractivity contribution in [2.24, 2.45) is 5.73 Å². The molecule has 1 rings (SSSR count). The Morgan fingerprint density at radius 3 is 2.32 bits per heavy atom. The van der Waals surface area contributed by atoms with Crippen molar-refractivity contribution >= 4 is 22.4 Å². The van der Waals surface area contributed by atoms with Crippen molar-refractivity contribution in [3.8, 4) is 0 Å². The normalized spacial score (nSPS) is 13.1. The van der Waals surface area contributed by atoms with Crippen LogP contribution in [0.4, 0.5) is 5.69 Å². The van der Waals surface area contributed by atoms with Crippen molar-refractivity contribution in [3.63, 3.8) is 0 Å². The van der Waals surface area contributed by atoms with Crippen LogP contribution in [0.5, 0.6) is 0 Å². The molecule has 0 aliphatic heterocycles. The Morgan fingerprint density at radius 1 is 1.26 bits per heavy atom. The van der Waals surface area contributed by atoms with Crippen LogP contribution in [0.3, 0.4) is 0 Å². The summed E-state index contributed by atoms with van der Waals surface area (Å²) in [5, 5.41) is 2.79. The molecule has 1 unspecified atom stereocenters. The topological polar surface area (TPSA) is 72.2 Å². The minimum absolute atomic E-state index is 0.113. The smallest absolute Gasteiger partial charge is 0.225 e. The maximum absolute atomic E-state index is 11.8. The molecule has 1 amide bonds. The van der Waals surface area contributed by atoms with E-state index in [-0.39, 0.29) is 17.1 Å². The number of amides is 1. The van der Waals surface area contributed by atoms with Gasteiger partial charge in [0.25, 0.3) is 0 Å². The molecule has 4 nitrogen and oxygen atoms in total. The highest BCUT2D eigenvalue weighted by atomic mass is 32.2. The van der Waals surface area contributed by atoms with Crippen LogP contribution < -0.4 is 11.1 Å². The predicted molar refractivity (Wildman–Crippen MR) is 80.3 cm³/mol. The van der Waals surface area contributed by atoms with E-state index >= 15 is 0 Å². The Labute approximate surface area is 117 Å². The average Bonchev–Trinajstić information content (AvgIpc) is 2.35. The zero-order valence-corrected chi connectivity index (χ0v) is 12.5. The van der Waals surface area contributed by atoms with E-state index in [1.807, 2.05) is 45.0 Å². The van der Waals surface area contributed by atoms with Crippen LogP contribution in [-0.2, 0) is 22.1 Å². The zero-order valence-electron chi connectivity index (χ0n) is 11.7. The largest absolute Gasteiger partial charge is 0.326 e. The highest BCUT2D eigenvalue weighted by Gasteiger charge is 2.19. The molecular weight excluding hydrogens is 260 g/mol. The summed E-state index contributed by atoms with van der Waals surface area (Å²) in [6, 6.07) is 7.40. The molecule has 0 bridgehead atoms. The number of benzene rings is 1. The van der Waals surface area contributed by atoms with E-state index in [9.17, 15) is 9.00 Å². The first-order valence-electron chi connectivity index (χ1n) is 6.30. The van der Waals surface area contributed by atoms with Gasteiger partial charge in [0.15, 0.2) is 0 Å². The van der Waals surface area contributed by atoms with Gasteiger partial charge in [-0.25, -0.2) is 0 Å². The SMILES string of the molecule is CC(C)(C)S(=O)CCC(=O)Nc1ccc(CN)cc1. The Bertz CT molecular complexity index is 450. The molecule has 0 spiro atoms. The third-order valence-electron chi connectivity index (χ3n) is 2.67. The van der Waals surface area contributed by atoms with E-state index in [4.69, 9.17) is 5.73 Å². The van der Waals surface area contributed by atoms with Crippen LogP contribution in [0.15, 0.2) is 24.3 Å².